The molecular formula is C22H24N2O2. The molecular weight excluding hydrogens is 324 g/mol. The minimum absolute atomic E-state index is 0.0572. The van der Waals surface area contributed by atoms with E-state index in [2.05, 4.69) is 65.2 Å². The highest BCUT2D eigenvalue weighted by Gasteiger charge is 2.28. The largest absolute Gasteiger partial charge is 0.492 e. The molecule has 134 valence electrons. The van der Waals surface area contributed by atoms with Crippen molar-refractivity contribution in [2.75, 3.05) is 24.7 Å². The van der Waals surface area contributed by atoms with E-state index in [-0.39, 0.29) is 6.23 Å². The fraction of sp³-hybridized carbons (Fsp3) is 0.273. The van der Waals surface area contributed by atoms with E-state index >= 15 is 0 Å². The molecule has 2 aromatic carbocycles. The Bertz CT molecular complexity index is 870. The lowest BCUT2D eigenvalue weighted by Crippen LogP contribution is -2.22. The van der Waals surface area contributed by atoms with Gasteiger partial charge >= 0.3 is 0 Å². The van der Waals surface area contributed by atoms with Crippen LogP contribution in [0, 0.1) is 6.92 Å². The molecule has 0 bridgehead atoms. The van der Waals surface area contributed by atoms with Gasteiger partial charge < -0.3 is 18.9 Å². The molecule has 1 saturated heterocycles. The van der Waals surface area contributed by atoms with Crippen molar-refractivity contribution in [2.45, 2.75) is 20.1 Å². The lowest BCUT2D eigenvalue weighted by molar-refractivity contribution is 0.114. The number of aryl methyl sites for hydroxylation is 1. The van der Waals surface area contributed by atoms with Gasteiger partial charge in [-0.2, -0.15) is 0 Å². The Kier molecular flexibility index (Phi) is 4.67. The van der Waals surface area contributed by atoms with Crippen molar-refractivity contribution in [1.82, 2.24) is 4.57 Å². The van der Waals surface area contributed by atoms with Crippen LogP contribution in [0.2, 0.25) is 0 Å². The molecule has 1 aromatic heterocycles. The summed E-state index contributed by atoms with van der Waals surface area (Å²) < 4.78 is 13.9. The number of rotatable bonds is 5. The van der Waals surface area contributed by atoms with Gasteiger partial charge in [-0.25, -0.2) is 0 Å². The second-order valence-corrected chi connectivity index (χ2v) is 6.50. The zero-order valence-corrected chi connectivity index (χ0v) is 15.3. The minimum atomic E-state index is -0.0572. The fourth-order valence-corrected chi connectivity index (χ4v) is 3.40. The zero-order valence-electron chi connectivity index (χ0n) is 15.3. The van der Waals surface area contributed by atoms with Crippen molar-refractivity contribution in [2.24, 2.45) is 0 Å². The van der Waals surface area contributed by atoms with Gasteiger partial charge in [0.2, 0.25) is 0 Å². The van der Waals surface area contributed by atoms with Gasteiger partial charge in [0.1, 0.15) is 5.75 Å². The molecule has 1 atom stereocenters. The number of para-hydroxylation sites is 2. The van der Waals surface area contributed by atoms with E-state index in [1.807, 2.05) is 25.1 Å². The molecule has 4 heteroatoms. The highest BCUT2D eigenvalue weighted by Crippen LogP contribution is 2.33. The predicted molar refractivity (Wildman–Crippen MR) is 104 cm³/mol. The van der Waals surface area contributed by atoms with Crippen LogP contribution in [0.25, 0.3) is 5.69 Å². The standard InChI is InChI=1S/C22H24N2O2/c1-3-25-21-7-5-4-6-20(21)23-13-12-18(16-23)22-24(14-15-26-22)19-10-8-17(2)9-11-19/h4-13,16,22H,3,14-15H2,1-2H3. The topological polar surface area (TPSA) is 26.6 Å². The lowest BCUT2D eigenvalue weighted by atomic mass is 10.2. The van der Waals surface area contributed by atoms with Crippen molar-refractivity contribution in [3.8, 4) is 11.4 Å². The SMILES string of the molecule is CCOc1ccccc1-n1ccc(C2OCCN2c2ccc(C)cc2)c1. The summed E-state index contributed by atoms with van der Waals surface area (Å²) in [5, 5.41) is 0. The summed E-state index contributed by atoms with van der Waals surface area (Å²) in [5.41, 5.74) is 4.65. The summed E-state index contributed by atoms with van der Waals surface area (Å²) in [4.78, 5) is 2.31. The van der Waals surface area contributed by atoms with Crippen LogP contribution in [0.4, 0.5) is 5.69 Å². The monoisotopic (exact) mass is 348 g/mol. The number of benzene rings is 2. The third kappa shape index (κ3) is 3.20. The molecule has 26 heavy (non-hydrogen) atoms. The average molecular weight is 348 g/mol. The molecule has 1 aliphatic rings. The average Bonchev–Trinajstić information content (AvgIpc) is 3.32. The van der Waals surface area contributed by atoms with Crippen LogP contribution >= 0.6 is 0 Å². The molecule has 4 rings (SSSR count). The first-order chi connectivity index (χ1) is 12.8. The van der Waals surface area contributed by atoms with E-state index in [4.69, 9.17) is 9.47 Å². The van der Waals surface area contributed by atoms with Gasteiger partial charge in [-0.05, 0) is 44.2 Å². The normalized spacial score (nSPS) is 16.8. The number of ether oxygens (including phenoxy) is 2. The van der Waals surface area contributed by atoms with Crippen molar-refractivity contribution in [1.29, 1.82) is 0 Å². The molecule has 0 N–H and O–H groups in total. The van der Waals surface area contributed by atoms with Crippen molar-refractivity contribution in [3.05, 3.63) is 78.1 Å². The van der Waals surface area contributed by atoms with Crippen molar-refractivity contribution >= 4 is 5.69 Å². The van der Waals surface area contributed by atoms with Crippen LogP contribution < -0.4 is 9.64 Å². The smallest absolute Gasteiger partial charge is 0.158 e. The maximum atomic E-state index is 6.04. The summed E-state index contributed by atoms with van der Waals surface area (Å²) >= 11 is 0. The maximum Gasteiger partial charge on any atom is 0.158 e. The predicted octanol–water partition coefficient (Wildman–Crippen LogP) is 4.72. The second-order valence-electron chi connectivity index (χ2n) is 6.50. The Morgan fingerprint density at radius 3 is 2.69 bits per heavy atom. The molecule has 1 unspecified atom stereocenters. The van der Waals surface area contributed by atoms with Crippen molar-refractivity contribution < 1.29 is 9.47 Å². The van der Waals surface area contributed by atoms with Gasteiger partial charge in [-0.1, -0.05) is 29.8 Å². The van der Waals surface area contributed by atoms with Gasteiger partial charge in [-0.15, -0.1) is 0 Å². The maximum absolute atomic E-state index is 6.04. The molecule has 0 spiro atoms. The highest BCUT2D eigenvalue weighted by atomic mass is 16.5. The van der Waals surface area contributed by atoms with Crippen LogP contribution in [0.5, 0.6) is 5.75 Å². The van der Waals surface area contributed by atoms with E-state index in [1.165, 1.54) is 11.3 Å². The molecule has 3 aromatic rings. The Balaban J connectivity index is 1.62. The molecule has 1 fully saturated rings. The van der Waals surface area contributed by atoms with Crippen LogP contribution in [-0.4, -0.2) is 24.3 Å². The third-order valence-corrected chi connectivity index (χ3v) is 4.70. The summed E-state index contributed by atoms with van der Waals surface area (Å²) in [6.07, 6.45) is 4.15. The van der Waals surface area contributed by atoms with Gasteiger partial charge in [0.15, 0.2) is 6.23 Å². The molecule has 2 heterocycles. The highest BCUT2D eigenvalue weighted by molar-refractivity contribution is 5.51. The zero-order chi connectivity index (χ0) is 17.9. The third-order valence-electron chi connectivity index (χ3n) is 4.70. The van der Waals surface area contributed by atoms with E-state index < -0.39 is 0 Å². The minimum Gasteiger partial charge on any atom is -0.492 e. The first kappa shape index (κ1) is 16.7. The first-order valence-electron chi connectivity index (χ1n) is 9.11. The Hall–Kier alpha value is -2.72. The van der Waals surface area contributed by atoms with Gasteiger partial charge in [0.25, 0.3) is 0 Å². The number of nitrogens with zero attached hydrogens (tertiary/aromatic N) is 2. The molecule has 0 amide bonds. The van der Waals surface area contributed by atoms with Gasteiger partial charge in [0, 0.05) is 30.2 Å². The Morgan fingerprint density at radius 2 is 1.88 bits per heavy atom. The Morgan fingerprint density at radius 1 is 1.08 bits per heavy atom. The van der Waals surface area contributed by atoms with Gasteiger partial charge in [0.05, 0.1) is 18.9 Å². The first-order valence-corrected chi connectivity index (χ1v) is 9.11. The van der Waals surface area contributed by atoms with E-state index in [9.17, 15) is 0 Å². The van der Waals surface area contributed by atoms with Crippen LogP contribution in [-0.2, 0) is 4.74 Å². The van der Waals surface area contributed by atoms with E-state index in [0.29, 0.717) is 6.61 Å². The molecule has 0 saturated carbocycles. The molecule has 0 radical (unpaired) electrons. The second kappa shape index (κ2) is 7.26. The number of aromatic nitrogens is 1. The Labute approximate surface area is 154 Å². The quantitative estimate of drug-likeness (QED) is 0.667. The summed E-state index contributed by atoms with van der Waals surface area (Å²) in [6, 6.07) is 18.9. The molecule has 1 aliphatic heterocycles. The van der Waals surface area contributed by atoms with Crippen LogP contribution in [0.1, 0.15) is 24.3 Å². The number of anilines is 1. The summed E-state index contributed by atoms with van der Waals surface area (Å²) in [7, 11) is 0. The summed E-state index contributed by atoms with van der Waals surface area (Å²) in [5.74, 6) is 0.889. The van der Waals surface area contributed by atoms with Crippen LogP contribution in [0.15, 0.2) is 67.0 Å². The van der Waals surface area contributed by atoms with E-state index in [1.54, 1.807) is 0 Å². The number of hydrogen-bond donors (Lipinski definition) is 0. The summed E-state index contributed by atoms with van der Waals surface area (Å²) in [6.45, 7) is 6.40. The fourth-order valence-electron chi connectivity index (χ4n) is 3.40. The number of hydrogen-bond acceptors (Lipinski definition) is 3. The van der Waals surface area contributed by atoms with Crippen molar-refractivity contribution in [3.63, 3.8) is 0 Å². The van der Waals surface area contributed by atoms with Crippen LogP contribution in [0.3, 0.4) is 0 Å². The lowest BCUT2D eigenvalue weighted by Gasteiger charge is -2.24. The van der Waals surface area contributed by atoms with E-state index in [0.717, 1.165) is 30.2 Å². The van der Waals surface area contributed by atoms with Gasteiger partial charge in [-0.3, -0.25) is 0 Å². The molecule has 4 nitrogen and oxygen atoms in total. The molecule has 0 aliphatic carbocycles.